The molecule has 0 radical (unpaired) electrons. The summed E-state index contributed by atoms with van der Waals surface area (Å²) in [6.45, 7) is 0.809. The Labute approximate surface area is 104 Å². The van der Waals surface area contributed by atoms with Gasteiger partial charge in [0.2, 0.25) is 0 Å². The number of hydrogen-bond acceptors (Lipinski definition) is 3. The highest BCUT2D eigenvalue weighted by atomic mass is 16.5. The first-order valence-corrected chi connectivity index (χ1v) is 5.50. The van der Waals surface area contributed by atoms with Crippen LogP contribution in [-0.2, 0) is 14.3 Å². The molecule has 1 aromatic carbocycles. The lowest BCUT2D eigenvalue weighted by molar-refractivity contribution is -0.131. The van der Waals surface area contributed by atoms with Crippen molar-refractivity contribution in [3.63, 3.8) is 0 Å². The lowest BCUT2D eigenvalue weighted by Crippen LogP contribution is -2.30. The molecule has 18 heavy (non-hydrogen) atoms. The Bertz CT molecular complexity index is 521. The number of para-hydroxylation sites is 1. The van der Waals surface area contributed by atoms with Gasteiger partial charge in [-0.3, -0.25) is 4.79 Å². The average Bonchev–Trinajstić information content (AvgIpc) is 2.60. The van der Waals surface area contributed by atoms with Crippen LogP contribution in [0.1, 0.15) is 5.56 Å². The quantitative estimate of drug-likeness (QED) is 0.810. The monoisotopic (exact) mass is 247 g/mol. The number of benzene rings is 1. The minimum atomic E-state index is -1.12. The number of amides is 1. The lowest BCUT2D eigenvalue weighted by atomic mass is 10.1. The van der Waals surface area contributed by atoms with Gasteiger partial charge in [0, 0.05) is 25.3 Å². The summed E-state index contributed by atoms with van der Waals surface area (Å²) in [4.78, 5) is 24.4. The Balaban J connectivity index is 2.43. The van der Waals surface area contributed by atoms with E-state index in [9.17, 15) is 9.59 Å². The largest absolute Gasteiger partial charge is 0.478 e. The van der Waals surface area contributed by atoms with E-state index in [1.165, 1.54) is 4.90 Å². The van der Waals surface area contributed by atoms with Crippen LogP contribution in [0.15, 0.2) is 30.3 Å². The van der Waals surface area contributed by atoms with E-state index in [0.717, 1.165) is 11.8 Å². The zero-order valence-corrected chi connectivity index (χ0v) is 9.92. The molecular weight excluding hydrogens is 234 g/mol. The fraction of sp³-hybridized carbons (Fsp3) is 0.231. The fourth-order valence-electron chi connectivity index (χ4n) is 1.97. The van der Waals surface area contributed by atoms with E-state index in [2.05, 4.69) is 0 Å². The molecular formula is C13H13NO4. The standard InChI is InChI=1S/C13H13NO4/c1-18-7-6-14-11-5-3-2-4-9(11)10(13(14)17)8-12(15)16/h2-5,8H,6-7H2,1H3,(H,15,16)/b10-8-. The molecule has 5 nitrogen and oxygen atoms in total. The number of carbonyl (C=O) groups excluding carboxylic acids is 1. The predicted octanol–water partition coefficient (Wildman–Crippen LogP) is 1.15. The van der Waals surface area contributed by atoms with Crippen LogP contribution in [-0.4, -0.2) is 37.2 Å². The zero-order chi connectivity index (χ0) is 13.1. The maximum atomic E-state index is 12.1. The van der Waals surface area contributed by atoms with E-state index >= 15 is 0 Å². The summed E-state index contributed by atoms with van der Waals surface area (Å²) in [6.07, 6.45) is 0.952. The number of carboxylic acids is 1. The van der Waals surface area contributed by atoms with Gasteiger partial charge in [-0.25, -0.2) is 4.79 Å². The van der Waals surface area contributed by atoms with Crippen molar-refractivity contribution in [2.24, 2.45) is 0 Å². The summed E-state index contributed by atoms with van der Waals surface area (Å²) in [5.41, 5.74) is 1.60. The molecule has 0 atom stereocenters. The molecule has 0 saturated carbocycles. The van der Waals surface area contributed by atoms with Crippen molar-refractivity contribution >= 4 is 23.1 Å². The van der Waals surface area contributed by atoms with Crippen molar-refractivity contribution in [1.82, 2.24) is 0 Å². The molecule has 0 spiro atoms. The predicted molar refractivity (Wildman–Crippen MR) is 66.3 cm³/mol. The van der Waals surface area contributed by atoms with Crippen LogP contribution in [0.2, 0.25) is 0 Å². The minimum absolute atomic E-state index is 0.217. The second-order valence-corrected chi connectivity index (χ2v) is 3.86. The Morgan fingerprint density at radius 1 is 1.44 bits per heavy atom. The van der Waals surface area contributed by atoms with E-state index in [4.69, 9.17) is 9.84 Å². The molecule has 2 rings (SSSR count). The highest BCUT2D eigenvalue weighted by molar-refractivity contribution is 6.34. The Morgan fingerprint density at radius 2 is 2.17 bits per heavy atom. The van der Waals surface area contributed by atoms with E-state index < -0.39 is 5.97 Å². The molecule has 5 heteroatoms. The number of ether oxygens (including phenoxy) is 1. The van der Waals surface area contributed by atoms with Gasteiger partial charge in [0.15, 0.2) is 0 Å². The van der Waals surface area contributed by atoms with Gasteiger partial charge in [-0.05, 0) is 6.07 Å². The van der Waals surface area contributed by atoms with Crippen LogP contribution in [0.3, 0.4) is 0 Å². The molecule has 0 fully saturated rings. The van der Waals surface area contributed by atoms with Gasteiger partial charge < -0.3 is 14.7 Å². The van der Waals surface area contributed by atoms with Crippen LogP contribution in [0.5, 0.6) is 0 Å². The lowest BCUT2D eigenvalue weighted by Gasteiger charge is -2.16. The van der Waals surface area contributed by atoms with Crippen LogP contribution in [0.25, 0.3) is 5.57 Å². The summed E-state index contributed by atoms with van der Waals surface area (Å²) < 4.78 is 4.95. The Hall–Kier alpha value is -2.14. The van der Waals surface area contributed by atoms with Crippen LogP contribution >= 0.6 is 0 Å². The molecule has 1 aliphatic rings. The molecule has 1 N–H and O–H groups in total. The number of fused-ring (bicyclic) bond motifs is 1. The summed E-state index contributed by atoms with van der Waals surface area (Å²) in [5.74, 6) is -1.42. The SMILES string of the molecule is COCCN1C(=O)/C(=C\C(=O)O)c2ccccc21. The molecule has 1 heterocycles. The van der Waals surface area contributed by atoms with E-state index in [0.29, 0.717) is 18.7 Å². The van der Waals surface area contributed by atoms with Gasteiger partial charge in [0.25, 0.3) is 5.91 Å². The van der Waals surface area contributed by atoms with Gasteiger partial charge in [-0.15, -0.1) is 0 Å². The third-order valence-electron chi connectivity index (χ3n) is 2.75. The number of carboxylic acid groups (broad SMARTS) is 1. The third kappa shape index (κ3) is 2.12. The minimum Gasteiger partial charge on any atom is -0.478 e. The maximum absolute atomic E-state index is 12.1. The molecule has 0 aliphatic carbocycles. The van der Waals surface area contributed by atoms with Gasteiger partial charge in [-0.2, -0.15) is 0 Å². The number of methoxy groups -OCH3 is 1. The van der Waals surface area contributed by atoms with Crippen molar-refractivity contribution in [1.29, 1.82) is 0 Å². The second kappa shape index (κ2) is 5.01. The van der Waals surface area contributed by atoms with Crippen LogP contribution in [0, 0.1) is 0 Å². The molecule has 0 saturated heterocycles. The number of anilines is 1. The zero-order valence-electron chi connectivity index (χ0n) is 9.92. The molecule has 1 aromatic rings. The number of rotatable bonds is 4. The summed E-state index contributed by atoms with van der Waals surface area (Å²) in [7, 11) is 1.56. The van der Waals surface area contributed by atoms with E-state index in [1.807, 2.05) is 6.07 Å². The van der Waals surface area contributed by atoms with Crippen molar-refractivity contribution in [3.05, 3.63) is 35.9 Å². The summed E-state index contributed by atoms with van der Waals surface area (Å²) in [6, 6.07) is 7.14. The molecule has 0 aromatic heterocycles. The molecule has 1 amide bonds. The number of nitrogens with zero attached hydrogens (tertiary/aromatic N) is 1. The first-order chi connectivity index (χ1) is 8.65. The Kier molecular flexibility index (Phi) is 3.43. The number of hydrogen-bond donors (Lipinski definition) is 1. The van der Waals surface area contributed by atoms with Crippen molar-refractivity contribution in [2.45, 2.75) is 0 Å². The normalized spacial score (nSPS) is 16.2. The summed E-state index contributed by atoms with van der Waals surface area (Å²) in [5, 5.41) is 8.81. The molecule has 1 aliphatic heterocycles. The van der Waals surface area contributed by atoms with Gasteiger partial charge >= 0.3 is 5.97 Å². The smallest absolute Gasteiger partial charge is 0.329 e. The van der Waals surface area contributed by atoms with Gasteiger partial charge in [0.1, 0.15) is 0 Å². The first-order valence-electron chi connectivity index (χ1n) is 5.50. The topological polar surface area (TPSA) is 66.8 Å². The third-order valence-corrected chi connectivity index (χ3v) is 2.75. The highest BCUT2D eigenvalue weighted by Gasteiger charge is 2.32. The van der Waals surface area contributed by atoms with Crippen molar-refractivity contribution in [3.8, 4) is 0 Å². The molecule has 94 valence electrons. The van der Waals surface area contributed by atoms with E-state index in [1.54, 1.807) is 25.3 Å². The first kappa shape index (κ1) is 12.3. The molecule has 0 unspecified atom stereocenters. The Morgan fingerprint density at radius 3 is 2.83 bits per heavy atom. The van der Waals surface area contributed by atoms with Crippen LogP contribution in [0.4, 0.5) is 5.69 Å². The van der Waals surface area contributed by atoms with Crippen molar-refractivity contribution in [2.75, 3.05) is 25.2 Å². The second-order valence-electron chi connectivity index (χ2n) is 3.86. The molecule has 0 bridgehead atoms. The highest BCUT2D eigenvalue weighted by Crippen LogP contribution is 2.36. The van der Waals surface area contributed by atoms with Crippen LogP contribution < -0.4 is 4.90 Å². The number of aliphatic carboxylic acids is 1. The van der Waals surface area contributed by atoms with Gasteiger partial charge in [-0.1, -0.05) is 18.2 Å². The summed E-state index contributed by atoms with van der Waals surface area (Å²) >= 11 is 0. The maximum Gasteiger partial charge on any atom is 0.329 e. The van der Waals surface area contributed by atoms with Gasteiger partial charge in [0.05, 0.1) is 17.9 Å². The fourth-order valence-corrected chi connectivity index (χ4v) is 1.97. The number of carbonyl (C=O) groups is 2. The van der Waals surface area contributed by atoms with Crippen molar-refractivity contribution < 1.29 is 19.4 Å². The average molecular weight is 247 g/mol. The van der Waals surface area contributed by atoms with E-state index in [-0.39, 0.29) is 11.5 Å².